The Morgan fingerprint density at radius 3 is 2.82 bits per heavy atom. The van der Waals surface area contributed by atoms with E-state index in [2.05, 4.69) is 4.98 Å². The van der Waals surface area contributed by atoms with Crippen LogP contribution < -0.4 is 10.6 Å². The summed E-state index contributed by atoms with van der Waals surface area (Å²) in [6, 6.07) is 3.90. The summed E-state index contributed by atoms with van der Waals surface area (Å²) in [7, 11) is 3.46. The van der Waals surface area contributed by atoms with Gasteiger partial charge in [0.2, 0.25) is 0 Å². The molecule has 3 N–H and O–H groups in total. The predicted octanol–water partition coefficient (Wildman–Crippen LogP) is 0.292. The van der Waals surface area contributed by atoms with E-state index in [-0.39, 0.29) is 0 Å². The van der Waals surface area contributed by atoms with Gasteiger partial charge >= 0.3 is 0 Å². The second kappa shape index (κ2) is 6.54. The number of aryl methyl sites for hydroxylation is 1. The molecular weight excluding hydrogens is 218 g/mol. The molecule has 1 atom stereocenters. The van der Waals surface area contributed by atoms with Gasteiger partial charge in [0.25, 0.3) is 0 Å². The minimum atomic E-state index is -0.520. The number of pyridine rings is 1. The van der Waals surface area contributed by atoms with Gasteiger partial charge < -0.3 is 20.5 Å². The van der Waals surface area contributed by atoms with Crippen molar-refractivity contribution in [3.8, 4) is 0 Å². The van der Waals surface area contributed by atoms with Crippen molar-refractivity contribution in [2.75, 3.05) is 32.2 Å². The number of hydrogen-bond donors (Lipinski definition) is 2. The van der Waals surface area contributed by atoms with Crippen molar-refractivity contribution in [2.45, 2.75) is 19.6 Å². The summed E-state index contributed by atoms with van der Waals surface area (Å²) >= 11 is 0. The molecule has 0 amide bonds. The van der Waals surface area contributed by atoms with Crippen LogP contribution in [0, 0.1) is 6.92 Å². The van der Waals surface area contributed by atoms with Gasteiger partial charge in [-0.3, -0.25) is 0 Å². The van der Waals surface area contributed by atoms with Gasteiger partial charge in [-0.25, -0.2) is 4.98 Å². The van der Waals surface area contributed by atoms with Crippen molar-refractivity contribution in [2.24, 2.45) is 5.73 Å². The Balaban J connectivity index is 2.74. The highest BCUT2D eigenvalue weighted by atomic mass is 16.5. The average molecular weight is 239 g/mol. The van der Waals surface area contributed by atoms with E-state index in [1.54, 1.807) is 7.11 Å². The summed E-state index contributed by atoms with van der Waals surface area (Å²) in [6.07, 6.45) is -0.520. The average Bonchev–Trinajstić information content (AvgIpc) is 2.28. The maximum atomic E-state index is 9.66. The molecule has 5 nitrogen and oxygen atoms in total. The van der Waals surface area contributed by atoms with Crippen LogP contribution in [0.5, 0.6) is 0 Å². The van der Waals surface area contributed by atoms with Crippen LogP contribution in [-0.4, -0.2) is 43.5 Å². The van der Waals surface area contributed by atoms with Crippen molar-refractivity contribution in [3.63, 3.8) is 0 Å². The zero-order chi connectivity index (χ0) is 12.8. The summed E-state index contributed by atoms with van der Waals surface area (Å²) in [6.45, 7) is 3.22. The van der Waals surface area contributed by atoms with Crippen LogP contribution >= 0.6 is 0 Å². The Bertz CT molecular complexity index is 358. The van der Waals surface area contributed by atoms with Crippen LogP contribution in [0.3, 0.4) is 0 Å². The van der Waals surface area contributed by atoms with Crippen molar-refractivity contribution in [1.82, 2.24) is 4.98 Å². The fraction of sp³-hybridized carbons (Fsp3) is 0.583. The zero-order valence-corrected chi connectivity index (χ0v) is 10.7. The Morgan fingerprint density at radius 1 is 1.53 bits per heavy atom. The zero-order valence-electron chi connectivity index (χ0n) is 10.7. The lowest BCUT2D eigenvalue weighted by atomic mass is 10.2. The second-order valence-corrected chi connectivity index (χ2v) is 4.17. The fourth-order valence-electron chi connectivity index (χ4n) is 1.69. The van der Waals surface area contributed by atoms with Crippen molar-refractivity contribution in [3.05, 3.63) is 23.4 Å². The van der Waals surface area contributed by atoms with Crippen LogP contribution in [0.4, 0.5) is 5.82 Å². The number of rotatable bonds is 6. The number of nitrogens with zero attached hydrogens (tertiary/aromatic N) is 2. The van der Waals surface area contributed by atoms with Gasteiger partial charge in [-0.2, -0.15) is 0 Å². The Hall–Kier alpha value is -1.17. The molecule has 96 valence electrons. The van der Waals surface area contributed by atoms with E-state index >= 15 is 0 Å². The lowest BCUT2D eigenvalue weighted by Gasteiger charge is -2.22. The van der Waals surface area contributed by atoms with E-state index < -0.39 is 6.10 Å². The minimum absolute atomic E-state index is 0.319. The molecule has 0 aliphatic carbocycles. The Labute approximate surface area is 102 Å². The second-order valence-electron chi connectivity index (χ2n) is 4.17. The van der Waals surface area contributed by atoms with Gasteiger partial charge in [0.15, 0.2) is 0 Å². The standard InChI is InChI=1S/C12H21N3O2/c1-9-4-10(6-13)5-12(14-9)15(2)7-11(16)8-17-3/h4-5,11,16H,6-8,13H2,1-3H3. The molecule has 0 bridgehead atoms. The molecule has 0 saturated heterocycles. The number of methoxy groups -OCH3 is 1. The first-order valence-electron chi connectivity index (χ1n) is 5.62. The van der Waals surface area contributed by atoms with Gasteiger partial charge in [-0.15, -0.1) is 0 Å². The summed E-state index contributed by atoms with van der Waals surface area (Å²) in [5, 5.41) is 9.66. The molecule has 0 aliphatic heterocycles. The normalized spacial score (nSPS) is 12.5. The predicted molar refractivity (Wildman–Crippen MR) is 68.0 cm³/mol. The third-order valence-corrected chi connectivity index (χ3v) is 2.47. The number of aliphatic hydroxyl groups excluding tert-OH is 1. The lowest BCUT2D eigenvalue weighted by molar-refractivity contribution is 0.0694. The molecule has 0 saturated carbocycles. The van der Waals surface area contributed by atoms with Crippen molar-refractivity contribution >= 4 is 5.82 Å². The largest absolute Gasteiger partial charge is 0.389 e. The number of nitrogens with two attached hydrogens (primary N) is 1. The topological polar surface area (TPSA) is 71.6 Å². The highest BCUT2D eigenvalue weighted by Gasteiger charge is 2.10. The van der Waals surface area contributed by atoms with Gasteiger partial charge in [-0.05, 0) is 24.6 Å². The van der Waals surface area contributed by atoms with Gasteiger partial charge in [-0.1, -0.05) is 0 Å². The first-order valence-corrected chi connectivity index (χ1v) is 5.62. The number of ether oxygens (including phenoxy) is 1. The molecule has 0 fully saturated rings. The molecule has 1 unspecified atom stereocenters. The number of hydrogen-bond acceptors (Lipinski definition) is 5. The monoisotopic (exact) mass is 239 g/mol. The first kappa shape index (κ1) is 13.9. The van der Waals surface area contributed by atoms with Gasteiger partial charge in [0, 0.05) is 32.9 Å². The third-order valence-electron chi connectivity index (χ3n) is 2.47. The highest BCUT2D eigenvalue weighted by molar-refractivity contribution is 5.42. The first-order chi connectivity index (χ1) is 8.06. The quantitative estimate of drug-likeness (QED) is 0.746. The van der Waals surface area contributed by atoms with E-state index in [0.717, 1.165) is 17.1 Å². The van der Waals surface area contributed by atoms with Crippen LogP contribution in [-0.2, 0) is 11.3 Å². The van der Waals surface area contributed by atoms with Crippen LogP contribution in [0.2, 0.25) is 0 Å². The number of anilines is 1. The molecule has 5 heteroatoms. The van der Waals surface area contributed by atoms with Crippen molar-refractivity contribution < 1.29 is 9.84 Å². The van der Waals surface area contributed by atoms with E-state index in [1.165, 1.54) is 0 Å². The Kier molecular flexibility index (Phi) is 5.34. The molecule has 1 aromatic rings. The molecule has 0 spiro atoms. The van der Waals surface area contributed by atoms with Crippen LogP contribution in [0.25, 0.3) is 0 Å². The van der Waals surface area contributed by atoms with Crippen LogP contribution in [0.15, 0.2) is 12.1 Å². The molecule has 0 aromatic carbocycles. The smallest absolute Gasteiger partial charge is 0.128 e. The van der Waals surface area contributed by atoms with E-state index in [0.29, 0.717) is 19.7 Å². The lowest BCUT2D eigenvalue weighted by Crippen LogP contribution is -2.32. The van der Waals surface area contributed by atoms with E-state index in [4.69, 9.17) is 10.5 Å². The van der Waals surface area contributed by atoms with Gasteiger partial charge in [0.05, 0.1) is 12.7 Å². The third kappa shape index (κ3) is 4.30. The number of aliphatic hydroxyl groups is 1. The van der Waals surface area contributed by atoms with Crippen LogP contribution in [0.1, 0.15) is 11.3 Å². The summed E-state index contributed by atoms with van der Waals surface area (Å²) in [4.78, 5) is 6.31. The maximum Gasteiger partial charge on any atom is 0.128 e. The summed E-state index contributed by atoms with van der Waals surface area (Å²) in [5.41, 5.74) is 7.59. The van der Waals surface area contributed by atoms with E-state index in [9.17, 15) is 5.11 Å². The van der Waals surface area contributed by atoms with Gasteiger partial charge in [0.1, 0.15) is 5.82 Å². The van der Waals surface area contributed by atoms with Crippen molar-refractivity contribution in [1.29, 1.82) is 0 Å². The molecule has 0 radical (unpaired) electrons. The SMILES string of the molecule is COCC(O)CN(C)c1cc(CN)cc(C)n1. The molecule has 17 heavy (non-hydrogen) atoms. The highest BCUT2D eigenvalue weighted by Crippen LogP contribution is 2.13. The Morgan fingerprint density at radius 2 is 2.24 bits per heavy atom. The minimum Gasteiger partial charge on any atom is -0.389 e. The summed E-state index contributed by atoms with van der Waals surface area (Å²) in [5.74, 6) is 0.820. The maximum absolute atomic E-state index is 9.66. The fourth-order valence-corrected chi connectivity index (χ4v) is 1.69. The molecule has 1 rings (SSSR count). The molecule has 1 aromatic heterocycles. The molecular formula is C12H21N3O2. The number of likely N-dealkylation sites (N-methyl/N-ethyl adjacent to an activating group) is 1. The molecule has 1 heterocycles. The van der Waals surface area contributed by atoms with E-state index in [1.807, 2.05) is 31.0 Å². The summed E-state index contributed by atoms with van der Waals surface area (Å²) < 4.78 is 4.89. The molecule has 0 aliphatic rings. The number of aromatic nitrogens is 1.